The predicted octanol–water partition coefficient (Wildman–Crippen LogP) is 2.79. The molecule has 1 aliphatic heterocycles. The number of pyridine rings is 1. The molecule has 0 N–H and O–H groups in total. The SMILES string of the molecule is c1cncc(-c2noc(C3CN(Cc4cccs4)C3)n2)c1. The molecule has 0 spiro atoms. The van der Waals surface area contributed by atoms with E-state index < -0.39 is 0 Å². The van der Waals surface area contributed by atoms with E-state index in [1.807, 2.05) is 12.1 Å². The first-order valence-corrected chi connectivity index (χ1v) is 7.75. The highest BCUT2D eigenvalue weighted by molar-refractivity contribution is 7.09. The van der Waals surface area contributed by atoms with Gasteiger partial charge in [0, 0.05) is 42.5 Å². The van der Waals surface area contributed by atoms with Crippen molar-refractivity contribution >= 4 is 11.3 Å². The highest BCUT2D eigenvalue weighted by Gasteiger charge is 2.32. The van der Waals surface area contributed by atoms with E-state index in [0.29, 0.717) is 11.7 Å². The number of hydrogen-bond acceptors (Lipinski definition) is 6. The Bertz CT molecular complexity index is 704. The molecule has 1 fully saturated rings. The van der Waals surface area contributed by atoms with Crippen molar-refractivity contribution in [3.63, 3.8) is 0 Å². The van der Waals surface area contributed by atoms with E-state index in [1.165, 1.54) is 4.88 Å². The molecule has 1 aliphatic rings. The molecule has 0 unspecified atom stereocenters. The normalized spacial score (nSPS) is 16.0. The van der Waals surface area contributed by atoms with E-state index >= 15 is 0 Å². The third kappa shape index (κ3) is 2.59. The molecule has 0 radical (unpaired) electrons. The molecule has 0 amide bonds. The molecular formula is C15H14N4OS. The molecule has 0 saturated carbocycles. The van der Waals surface area contributed by atoms with Gasteiger partial charge < -0.3 is 4.52 Å². The summed E-state index contributed by atoms with van der Waals surface area (Å²) in [7, 11) is 0. The molecule has 3 aromatic heterocycles. The van der Waals surface area contributed by atoms with Gasteiger partial charge in [0.2, 0.25) is 11.7 Å². The van der Waals surface area contributed by atoms with Gasteiger partial charge in [-0.2, -0.15) is 4.98 Å². The molecule has 5 nitrogen and oxygen atoms in total. The van der Waals surface area contributed by atoms with Crippen LogP contribution in [-0.2, 0) is 6.54 Å². The highest BCUT2D eigenvalue weighted by atomic mass is 32.1. The zero-order valence-electron chi connectivity index (χ0n) is 11.3. The fourth-order valence-electron chi connectivity index (χ4n) is 2.49. The fourth-order valence-corrected chi connectivity index (χ4v) is 3.24. The molecule has 0 atom stereocenters. The maximum atomic E-state index is 5.39. The van der Waals surface area contributed by atoms with Crippen LogP contribution < -0.4 is 0 Å². The summed E-state index contributed by atoms with van der Waals surface area (Å²) in [4.78, 5) is 12.4. The maximum Gasteiger partial charge on any atom is 0.232 e. The Labute approximate surface area is 126 Å². The first-order valence-electron chi connectivity index (χ1n) is 6.87. The summed E-state index contributed by atoms with van der Waals surface area (Å²) in [5.41, 5.74) is 0.891. The monoisotopic (exact) mass is 298 g/mol. The minimum atomic E-state index is 0.350. The topological polar surface area (TPSA) is 55.1 Å². The number of likely N-dealkylation sites (tertiary alicyclic amines) is 1. The molecule has 0 aliphatic carbocycles. The van der Waals surface area contributed by atoms with Crippen molar-refractivity contribution in [2.75, 3.05) is 13.1 Å². The minimum absolute atomic E-state index is 0.350. The van der Waals surface area contributed by atoms with Gasteiger partial charge in [0.1, 0.15) is 0 Å². The van der Waals surface area contributed by atoms with E-state index in [1.54, 1.807) is 23.7 Å². The second kappa shape index (κ2) is 5.38. The van der Waals surface area contributed by atoms with E-state index in [2.05, 4.69) is 37.5 Å². The first kappa shape index (κ1) is 12.7. The van der Waals surface area contributed by atoms with Crippen molar-refractivity contribution in [2.24, 2.45) is 0 Å². The average Bonchev–Trinajstić information content (AvgIpc) is 3.15. The van der Waals surface area contributed by atoms with Crippen LogP contribution in [0.3, 0.4) is 0 Å². The molecule has 4 rings (SSSR count). The smallest absolute Gasteiger partial charge is 0.232 e. The molecule has 0 bridgehead atoms. The van der Waals surface area contributed by atoms with Crippen LogP contribution in [0.25, 0.3) is 11.4 Å². The minimum Gasteiger partial charge on any atom is -0.339 e. The second-order valence-corrected chi connectivity index (χ2v) is 6.20. The summed E-state index contributed by atoms with van der Waals surface area (Å²) in [6, 6.07) is 8.07. The lowest BCUT2D eigenvalue weighted by Crippen LogP contribution is -2.44. The summed E-state index contributed by atoms with van der Waals surface area (Å²) in [5, 5.41) is 6.16. The highest BCUT2D eigenvalue weighted by Crippen LogP contribution is 2.29. The van der Waals surface area contributed by atoms with Crippen molar-refractivity contribution < 1.29 is 4.52 Å². The Kier molecular flexibility index (Phi) is 3.25. The summed E-state index contributed by atoms with van der Waals surface area (Å²) in [6.45, 7) is 2.97. The zero-order valence-corrected chi connectivity index (χ0v) is 12.2. The van der Waals surface area contributed by atoms with Crippen molar-refractivity contribution in [1.29, 1.82) is 0 Å². The van der Waals surface area contributed by atoms with Crippen LogP contribution in [0.2, 0.25) is 0 Å². The van der Waals surface area contributed by atoms with Gasteiger partial charge in [-0.3, -0.25) is 9.88 Å². The maximum absolute atomic E-state index is 5.39. The molecule has 1 saturated heterocycles. The number of thiophene rings is 1. The van der Waals surface area contributed by atoms with Crippen molar-refractivity contribution in [3.05, 3.63) is 52.8 Å². The molecule has 21 heavy (non-hydrogen) atoms. The number of hydrogen-bond donors (Lipinski definition) is 0. The molecule has 6 heteroatoms. The standard InChI is InChI=1S/C15H14N4OS/c1-3-11(7-16-5-1)14-17-15(20-18-14)12-8-19(9-12)10-13-4-2-6-21-13/h1-7,12H,8-10H2. The summed E-state index contributed by atoms with van der Waals surface area (Å²) in [5.74, 6) is 1.70. The van der Waals surface area contributed by atoms with Crippen LogP contribution in [0, 0.1) is 0 Å². The van der Waals surface area contributed by atoms with Gasteiger partial charge in [-0.1, -0.05) is 11.2 Å². The zero-order chi connectivity index (χ0) is 14.1. The second-order valence-electron chi connectivity index (χ2n) is 5.17. The Morgan fingerprint density at radius 1 is 1.29 bits per heavy atom. The lowest BCUT2D eigenvalue weighted by atomic mass is 10.0. The summed E-state index contributed by atoms with van der Waals surface area (Å²) >= 11 is 1.80. The van der Waals surface area contributed by atoms with Gasteiger partial charge in [-0.05, 0) is 23.6 Å². The quantitative estimate of drug-likeness (QED) is 0.741. The number of nitrogens with zero attached hydrogens (tertiary/aromatic N) is 4. The van der Waals surface area contributed by atoms with Gasteiger partial charge in [-0.15, -0.1) is 11.3 Å². The largest absolute Gasteiger partial charge is 0.339 e. The lowest BCUT2D eigenvalue weighted by molar-refractivity contribution is 0.118. The lowest BCUT2D eigenvalue weighted by Gasteiger charge is -2.36. The Morgan fingerprint density at radius 3 is 3.00 bits per heavy atom. The average molecular weight is 298 g/mol. The summed E-state index contributed by atoms with van der Waals surface area (Å²) in [6.07, 6.45) is 3.48. The fraction of sp³-hybridized carbons (Fsp3) is 0.267. The predicted molar refractivity (Wildman–Crippen MR) is 79.9 cm³/mol. The molecule has 0 aromatic carbocycles. The Morgan fingerprint density at radius 2 is 2.24 bits per heavy atom. The van der Waals surface area contributed by atoms with Gasteiger partial charge >= 0.3 is 0 Å². The molecular weight excluding hydrogens is 284 g/mol. The van der Waals surface area contributed by atoms with Gasteiger partial charge in [-0.25, -0.2) is 0 Å². The van der Waals surface area contributed by atoms with E-state index in [4.69, 9.17) is 4.52 Å². The van der Waals surface area contributed by atoms with Crippen molar-refractivity contribution in [3.8, 4) is 11.4 Å². The van der Waals surface area contributed by atoms with E-state index in [9.17, 15) is 0 Å². The first-order chi connectivity index (χ1) is 10.4. The van der Waals surface area contributed by atoms with Crippen LogP contribution >= 0.6 is 11.3 Å². The Hall–Kier alpha value is -2.05. The van der Waals surface area contributed by atoms with Crippen LogP contribution in [0.4, 0.5) is 0 Å². The summed E-state index contributed by atoms with van der Waals surface area (Å²) < 4.78 is 5.39. The van der Waals surface area contributed by atoms with Crippen LogP contribution in [0.5, 0.6) is 0 Å². The third-order valence-electron chi connectivity index (χ3n) is 3.63. The van der Waals surface area contributed by atoms with Crippen molar-refractivity contribution in [2.45, 2.75) is 12.5 Å². The van der Waals surface area contributed by atoms with Crippen LogP contribution in [-0.4, -0.2) is 33.1 Å². The van der Waals surface area contributed by atoms with E-state index in [0.717, 1.165) is 31.1 Å². The Balaban J connectivity index is 1.40. The van der Waals surface area contributed by atoms with Crippen LogP contribution in [0.1, 0.15) is 16.7 Å². The van der Waals surface area contributed by atoms with E-state index in [-0.39, 0.29) is 0 Å². The molecule has 106 valence electrons. The molecule has 4 heterocycles. The van der Waals surface area contributed by atoms with Gasteiger partial charge in [0.25, 0.3) is 0 Å². The number of aromatic nitrogens is 3. The third-order valence-corrected chi connectivity index (χ3v) is 4.49. The van der Waals surface area contributed by atoms with Crippen molar-refractivity contribution in [1.82, 2.24) is 20.0 Å². The molecule has 3 aromatic rings. The van der Waals surface area contributed by atoms with Gasteiger partial charge in [0.05, 0.1) is 5.92 Å². The van der Waals surface area contributed by atoms with Gasteiger partial charge in [0.15, 0.2) is 0 Å². The number of rotatable bonds is 4. The van der Waals surface area contributed by atoms with Crippen LogP contribution in [0.15, 0.2) is 46.6 Å².